The molecule has 1 rings (SSSR count). The van der Waals surface area contributed by atoms with Crippen LogP contribution in [-0.2, 0) is 0 Å². The summed E-state index contributed by atoms with van der Waals surface area (Å²) < 4.78 is 0. The van der Waals surface area contributed by atoms with Crippen molar-refractivity contribution < 1.29 is 18.9 Å². The van der Waals surface area contributed by atoms with Crippen molar-refractivity contribution >= 4 is 11.8 Å². The molecular formula is C16H21LiS. The molecule has 0 fully saturated rings. The van der Waals surface area contributed by atoms with Crippen molar-refractivity contribution in [3.8, 4) is 0 Å². The van der Waals surface area contributed by atoms with Gasteiger partial charge in [0, 0.05) is 0 Å². The van der Waals surface area contributed by atoms with Gasteiger partial charge in [-0.25, -0.2) is 12.0 Å². The maximum absolute atomic E-state index is 2.29. The first kappa shape index (κ1) is 17.5. The Morgan fingerprint density at radius 2 is 1.89 bits per heavy atom. The van der Waals surface area contributed by atoms with Gasteiger partial charge in [-0.3, -0.25) is 0 Å². The van der Waals surface area contributed by atoms with E-state index in [4.69, 9.17) is 0 Å². The Morgan fingerprint density at radius 3 is 2.50 bits per heavy atom. The zero-order valence-electron chi connectivity index (χ0n) is 11.9. The van der Waals surface area contributed by atoms with Gasteiger partial charge in [-0.1, -0.05) is 36.3 Å². The largest absolute Gasteiger partial charge is 1.00 e. The summed E-state index contributed by atoms with van der Waals surface area (Å²) in [5.41, 5.74) is 1.40. The first-order valence-electron chi connectivity index (χ1n) is 6.02. The molecule has 0 heterocycles. The molecule has 0 N–H and O–H groups in total. The van der Waals surface area contributed by atoms with E-state index in [0.717, 1.165) is 12.8 Å². The summed E-state index contributed by atoms with van der Waals surface area (Å²) in [6.45, 7) is 6.49. The molecule has 0 amide bonds. The van der Waals surface area contributed by atoms with Gasteiger partial charge >= 0.3 is 18.9 Å². The van der Waals surface area contributed by atoms with E-state index in [9.17, 15) is 0 Å². The van der Waals surface area contributed by atoms with E-state index in [-0.39, 0.29) is 18.9 Å². The van der Waals surface area contributed by atoms with Crippen molar-refractivity contribution in [3.05, 3.63) is 59.4 Å². The van der Waals surface area contributed by atoms with Crippen molar-refractivity contribution in [1.82, 2.24) is 0 Å². The minimum Gasteiger partial charge on any atom is -0.219 e. The Balaban J connectivity index is 0.00000289. The third-order valence-corrected chi connectivity index (χ3v) is 3.21. The van der Waals surface area contributed by atoms with E-state index in [1.54, 1.807) is 11.8 Å². The Hall–Kier alpha value is -0.483. The summed E-state index contributed by atoms with van der Waals surface area (Å²) in [6.07, 6.45) is 6.81. The Kier molecular flexibility index (Phi) is 10.2. The first-order chi connectivity index (χ1) is 8.18. The number of hydrogen-bond acceptors (Lipinski definition) is 1. The average molecular weight is 252 g/mol. The minimum atomic E-state index is 0. The van der Waals surface area contributed by atoms with Crippen molar-refractivity contribution in [2.75, 3.05) is 0 Å². The molecule has 0 saturated heterocycles. The fourth-order valence-electron chi connectivity index (χ4n) is 1.40. The van der Waals surface area contributed by atoms with Crippen LogP contribution < -0.4 is 18.9 Å². The second-order valence-electron chi connectivity index (χ2n) is 4.40. The molecule has 0 aliphatic heterocycles. The third-order valence-electron chi connectivity index (χ3n) is 2.39. The van der Waals surface area contributed by atoms with Crippen molar-refractivity contribution in [2.45, 2.75) is 38.5 Å². The van der Waals surface area contributed by atoms with Gasteiger partial charge in [0.1, 0.15) is 0 Å². The second-order valence-corrected chi connectivity index (χ2v) is 5.38. The normalized spacial score (nSPS) is 9.94. The van der Waals surface area contributed by atoms with Crippen LogP contribution >= 0.6 is 11.8 Å². The number of allylic oxidation sites excluding steroid dienone is 3. The maximum atomic E-state index is 2.29. The molecule has 0 aliphatic carbocycles. The van der Waals surface area contributed by atoms with Gasteiger partial charge in [0.05, 0.1) is 0 Å². The molecule has 18 heavy (non-hydrogen) atoms. The van der Waals surface area contributed by atoms with Gasteiger partial charge in [0.25, 0.3) is 0 Å². The predicted octanol–water partition coefficient (Wildman–Crippen LogP) is 2.64. The Morgan fingerprint density at radius 1 is 1.22 bits per heavy atom. The molecule has 0 radical (unpaired) electrons. The van der Waals surface area contributed by atoms with Crippen LogP contribution in [0.1, 0.15) is 33.6 Å². The standard InChI is InChI=1S/C16H21S.Li/c1-14(2)8-7-9-15(3)12-13-17-16-10-5-4-6-11-16;/h4-6,8,10-13H,7,9H2,1-3H3;/q-1;+1. The van der Waals surface area contributed by atoms with Gasteiger partial charge in [-0.15, -0.1) is 6.92 Å². The summed E-state index contributed by atoms with van der Waals surface area (Å²) in [5, 5.41) is 2.17. The summed E-state index contributed by atoms with van der Waals surface area (Å²) in [7, 11) is 0. The van der Waals surface area contributed by atoms with Crippen LogP contribution in [0.25, 0.3) is 0 Å². The molecule has 1 aromatic carbocycles. The van der Waals surface area contributed by atoms with Gasteiger partial charge in [0.2, 0.25) is 0 Å². The van der Waals surface area contributed by atoms with Crippen LogP contribution in [0, 0.1) is 5.92 Å². The van der Waals surface area contributed by atoms with Crippen molar-refractivity contribution in [3.63, 3.8) is 0 Å². The molecular weight excluding hydrogens is 231 g/mol. The van der Waals surface area contributed by atoms with E-state index in [1.807, 2.05) is 6.07 Å². The molecule has 0 aromatic heterocycles. The Bertz CT molecular complexity index is 364. The first-order valence-corrected chi connectivity index (χ1v) is 6.90. The zero-order valence-corrected chi connectivity index (χ0v) is 12.8. The van der Waals surface area contributed by atoms with E-state index >= 15 is 0 Å². The molecule has 0 saturated carbocycles. The molecule has 0 bridgehead atoms. The van der Waals surface area contributed by atoms with Crippen LogP contribution in [0.2, 0.25) is 0 Å². The van der Waals surface area contributed by atoms with Gasteiger partial charge in [-0.05, 0) is 37.3 Å². The monoisotopic (exact) mass is 252 g/mol. The van der Waals surface area contributed by atoms with Gasteiger partial charge in [0.15, 0.2) is 0 Å². The predicted molar refractivity (Wildman–Crippen MR) is 79.0 cm³/mol. The second kappa shape index (κ2) is 10.4. The van der Waals surface area contributed by atoms with Gasteiger partial charge < -0.3 is 0 Å². The van der Waals surface area contributed by atoms with E-state index in [0.29, 0.717) is 0 Å². The van der Waals surface area contributed by atoms with Crippen LogP contribution in [0.15, 0.2) is 58.4 Å². The maximum Gasteiger partial charge on any atom is 1.00 e. The molecule has 0 aliphatic rings. The topological polar surface area (TPSA) is 0 Å². The van der Waals surface area contributed by atoms with Crippen LogP contribution in [0.5, 0.6) is 0 Å². The van der Waals surface area contributed by atoms with Crippen LogP contribution in [0.3, 0.4) is 0 Å². The Labute approximate surface area is 128 Å². The average Bonchev–Trinajstić information content (AvgIpc) is 2.30. The van der Waals surface area contributed by atoms with Crippen LogP contribution in [0.4, 0.5) is 0 Å². The molecule has 2 heteroatoms. The third kappa shape index (κ3) is 8.59. The molecule has 0 nitrogen and oxygen atoms in total. The number of hydrogen-bond donors (Lipinski definition) is 0. The molecule has 0 unspecified atom stereocenters. The van der Waals surface area contributed by atoms with Crippen molar-refractivity contribution in [2.24, 2.45) is 0 Å². The summed E-state index contributed by atoms with van der Waals surface area (Å²) in [5.74, 6) is 1.44. The minimum absolute atomic E-state index is 0. The van der Waals surface area contributed by atoms with Gasteiger partial charge in [-0.2, -0.15) is 17.2 Å². The van der Waals surface area contributed by atoms with Crippen molar-refractivity contribution in [1.29, 1.82) is 0 Å². The molecule has 0 spiro atoms. The fourth-order valence-corrected chi connectivity index (χ4v) is 2.17. The zero-order chi connectivity index (χ0) is 12.5. The summed E-state index contributed by atoms with van der Waals surface area (Å²) >= 11 is 1.77. The summed E-state index contributed by atoms with van der Waals surface area (Å²) in [4.78, 5) is 1.29. The SMILES string of the molecule is CC(C)=CCC[C-](C)C=CSc1ccccc1.[Li+]. The molecule has 0 atom stereocenters. The number of thioether (sulfide) groups is 1. The smallest absolute Gasteiger partial charge is 0.219 e. The molecule has 92 valence electrons. The quantitative estimate of drug-likeness (QED) is 0.325. The fraction of sp³-hybridized carbons (Fsp3) is 0.312. The number of rotatable bonds is 6. The van der Waals surface area contributed by atoms with Crippen LogP contribution in [-0.4, -0.2) is 0 Å². The number of benzene rings is 1. The van der Waals surface area contributed by atoms with E-state index in [2.05, 4.69) is 62.6 Å². The van der Waals surface area contributed by atoms with E-state index < -0.39 is 0 Å². The summed E-state index contributed by atoms with van der Waals surface area (Å²) in [6, 6.07) is 10.5. The molecule has 1 aromatic rings. The van der Waals surface area contributed by atoms with E-state index in [1.165, 1.54) is 16.4 Å².